The average molecular weight is 428 g/mol. The topological polar surface area (TPSA) is 32.8 Å². The molecule has 0 bridgehead atoms. The van der Waals surface area contributed by atoms with Crippen molar-refractivity contribution >= 4 is 39.1 Å². The molecule has 0 unspecified atom stereocenters. The van der Waals surface area contributed by atoms with Crippen molar-refractivity contribution in [3.63, 3.8) is 0 Å². The van der Waals surface area contributed by atoms with Crippen molar-refractivity contribution < 1.29 is 13.9 Å². The minimum Gasteiger partial charge on any atom is -0.482 e. The number of halogens is 3. The second-order valence-corrected chi connectivity index (χ2v) is 7.01. The maximum absolute atomic E-state index is 13.8. The van der Waals surface area contributed by atoms with Crippen molar-refractivity contribution in [2.45, 2.75) is 0 Å². The van der Waals surface area contributed by atoms with E-state index in [0.29, 0.717) is 42.6 Å². The summed E-state index contributed by atoms with van der Waals surface area (Å²) in [6.07, 6.45) is 0. The molecule has 7 heteroatoms. The average Bonchev–Trinajstić information content (AvgIpc) is 2.61. The number of amides is 1. The lowest BCUT2D eigenvalue weighted by atomic mass is 10.2. The first-order chi connectivity index (χ1) is 12.0. The Kier molecular flexibility index (Phi) is 5.81. The molecule has 0 spiro atoms. The predicted molar refractivity (Wildman–Crippen MR) is 99.8 cm³/mol. The minimum absolute atomic E-state index is 0.0684. The van der Waals surface area contributed by atoms with Crippen molar-refractivity contribution in [1.82, 2.24) is 4.90 Å². The highest BCUT2D eigenvalue weighted by molar-refractivity contribution is 9.10. The van der Waals surface area contributed by atoms with Crippen molar-refractivity contribution in [1.29, 1.82) is 0 Å². The van der Waals surface area contributed by atoms with Gasteiger partial charge >= 0.3 is 0 Å². The maximum atomic E-state index is 13.8. The number of rotatable bonds is 4. The van der Waals surface area contributed by atoms with E-state index >= 15 is 0 Å². The number of piperazine rings is 1. The van der Waals surface area contributed by atoms with Crippen LogP contribution in [0.4, 0.5) is 10.1 Å². The van der Waals surface area contributed by atoms with E-state index in [-0.39, 0.29) is 18.3 Å². The van der Waals surface area contributed by atoms with Gasteiger partial charge in [0.15, 0.2) is 6.61 Å². The summed E-state index contributed by atoms with van der Waals surface area (Å²) in [4.78, 5) is 16.0. The summed E-state index contributed by atoms with van der Waals surface area (Å²) in [5.41, 5.74) is 0.576. The van der Waals surface area contributed by atoms with E-state index in [4.69, 9.17) is 16.3 Å². The van der Waals surface area contributed by atoms with Crippen LogP contribution in [0.5, 0.6) is 5.75 Å². The van der Waals surface area contributed by atoms with Crippen LogP contribution in [-0.4, -0.2) is 43.6 Å². The molecule has 0 radical (unpaired) electrons. The summed E-state index contributed by atoms with van der Waals surface area (Å²) in [5, 5.41) is 0.451. The number of carbonyl (C=O) groups is 1. The molecule has 1 aliphatic rings. The Morgan fingerprint density at radius 2 is 1.88 bits per heavy atom. The Morgan fingerprint density at radius 3 is 2.56 bits per heavy atom. The summed E-state index contributed by atoms with van der Waals surface area (Å²) >= 11 is 9.40. The van der Waals surface area contributed by atoms with Crippen LogP contribution in [0.3, 0.4) is 0 Å². The van der Waals surface area contributed by atoms with Crippen LogP contribution in [0.1, 0.15) is 0 Å². The Hall–Kier alpha value is -1.79. The van der Waals surface area contributed by atoms with Gasteiger partial charge in [-0.05, 0) is 30.3 Å². The molecule has 0 saturated carbocycles. The van der Waals surface area contributed by atoms with Crippen LogP contribution in [0.25, 0.3) is 0 Å². The van der Waals surface area contributed by atoms with Gasteiger partial charge in [0.05, 0.1) is 10.7 Å². The minimum atomic E-state index is -0.240. The summed E-state index contributed by atoms with van der Waals surface area (Å²) in [5.74, 6) is 0.130. The fourth-order valence-corrected chi connectivity index (χ4v) is 3.46. The van der Waals surface area contributed by atoms with Gasteiger partial charge in [-0.3, -0.25) is 4.79 Å². The molecule has 0 aromatic heterocycles. The van der Waals surface area contributed by atoms with Gasteiger partial charge in [-0.25, -0.2) is 4.39 Å². The number of hydrogen-bond acceptors (Lipinski definition) is 3. The van der Waals surface area contributed by atoms with Gasteiger partial charge in [-0.1, -0.05) is 39.7 Å². The van der Waals surface area contributed by atoms with Crippen LogP contribution in [0.2, 0.25) is 5.02 Å². The number of carbonyl (C=O) groups excluding carboxylic acids is 1. The maximum Gasteiger partial charge on any atom is 0.260 e. The standard InChI is InChI=1S/C18H17BrClFN2O2/c19-13-5-6-17(14(20)11-13)25-12-18(24)23-9-7-22(8-10-23)16-4-2-1-3-15(16)21/h1-6,11H,7-10,12H2. The molecule has 4 nitrogen and oxygen atoms in total. The van der Waals surface area contributed by atoms with Crippen molar-refractivity contribution in [2.75, 3.05) is 37.7 Å². The van der Waals surface area contributed by atoms with Crippen molar-refractivity contribution in [3.05, 3.63) is 57.8 Å². The summed E-state index contributed by atoms with van der Waals surface area (Å²) in [7, 11) is 0. The molecule has 0 aliphatic carbocycles. The van der Waals surface area contributed by atoms with Gasteiger partial charge in [-0.15, -0.1) is 0 Å². The monoisotopic (exact) mass is 426 g/mol. The number of benzene rings is 2. The quantitative estimate of drug-likeness (QED) is 0.740. The molecule has 0 N–H and O–H groups in total. The highest BCUT2D eigenvalue weighted by atomic mass is 79.9. The zero-order valence-corrected chi connectivity index (χ0v) is 15.8. The molecule has 1 amide bonds. The molecule has 1 fully saturated rings. The third-order valence-corrected chi connectivity index (χ3v) is 4.86. The van der Waals surface area contributed by atoms with Crippen LogP contribution in [0, 0.1) is 5.82 Å². The van der Waals surface area contributed by atoms with Crippen LogP contribution in [-0.2, 0) is 4.79 Å². The largest absolute Gasteiger partial charge is 0.482 e. The molecular weight excluding hydrogens is 411 g/mol. The summed E-state index contributed by atoms with van der Waals surface area (Å²) in [6, 6.07) is 11.9. The van der Waals surface area contributed by atoms with Gasteiger partial charge in [-0.2, -0.15) is 0 Å². The van der Waals surface area contributed by atoms with Gasteiger partial charge in [0.1, 0.15) is 11.6 Å². The third-order valence-electron chi connectivity index (χ3n) is 4.07. The number of nitrogens with zero attached hydrogens (tertiary/aromatic N) is 2. The highest BCUT2D eigenvalue weighted by Gasteiger charge is 2.23. The first-order valence-electron chi connectivity index (χ1n) is 7.89. The van der Waals surface area contributed by atoms with Crippen LogP contribution in [0.15, 0.2) is 46.9 Å². The van der Waals surface area contributed by atoms with Crippen molar-refractivity contribution in [2.24, 2.45) is 0 Å². The number of anilines is 1. The fourth-order valence-electron chi connectivity index (χ4n) is 2.73. The highest BCUT2D eigenvalue weighted by Crippen LogP contribution is 2.27. The molecular formula is C18H17BrClFN2O2. The lowest BCUT2D eigenvalue weighted by Crippen LogP contribution is -2.50. The lowest BCUT2D eigenvalue weighted by molar-refractivity contribution is -0.133. The number of hydrogen-bond donors (Lipinski definition) is 0. The summed E-state index contributed by atoms with van der Waals surface area (Å²) < 4.78 is 20.2. The molecule has 3 rings (SSSR count). The van der Waals surface area contributed by atoms with E-state index < -0.39 is 0 Å². The number of para-hydroxylation sites is 1. The number of ether oxygens (including phenoxy) is 1. The van der Waals surface area contributed by atoms with Gasteiger partial charge < -0.3 is 14.5 Å². The van der Waals surface area contributed by atoms with Crippen LogP contribution >= 0.6 is 27.5 Å². The van der Waals surface area contributed by atoms with Crippen LogP contribution < -0.4 is 9.64 Å². The predicted octanol–water partition coefficient (Wildman–Crippen LogP) is 3.97. The van der Waals surface area contributed by atoms with Gasteiger partial charge in [0.25, 0.3) is 5.91 Å². The van der Waals surface area contributed by atoms with Gasteiger partial charge in [0.2, 0.25) is 0 Å². The second-order valence-electron chi connectivity index (χ2n) is 5.68. The van der Waals surface area contributed by atoms with E-state index in [1.54, 1.807) is 35.2 Å². The Balaban J connectivity index is 1.52. The third kappa shape index (κ3) is 4.44. The van der Waals surface area contributed by atoms with Gasteiger partial charge in [0, 0.05) is 30.7 Å². The first kappa shape index (κ1) is 18.0. The fraction of sp³-hybridized carbons (Fsp3) is 0.278. The molecule has 25 heavy (non-hydrogen) atoms. The van der Waals surface area contributed by atoms with E-state index in [0.717, 1.165) is 4.47 Å². The molecule has 1 aliphatic heterocycles. The zero-order valence-electron chi connectivity index (χ0n) is 13.4. The molecule has 1 heterocycles. The van der Waals surface area contributed by atoms with E-state index in [1.807, 2.05) is 11.0 Å². The smallest absolute Gasteiger partial charge is 0.260 e. The van der Waals surface area contributed by atoms with E-state index in [1.165, 1.54) is 6.07 Å². The summed E-state index contributed by atoms with van der Waals surface area (Å²) in [6.45, 7) is 2.17. The SMILES string of the molecule is O=C(COc1ccc(Br)cc1Cl)N1CCN(c2ccccc2F)CC1. The molecule has 2 aromatic rings. The first-order valence-corrected chi connectivity index (χ1v) is 9.07. The molecule has 1 saturated heterocycles. The Labute approximate surface area is 159 Å². The normalized spacial score (nSPS) is 14.5. The van der Waals surface area contributed by atoms with E-state index in [2.05, 4.69) is 15.9 Å². The lowest BCUT2D eigenvalue weighted by Gasteiger charge is -2.36. The zero-order chi connectivity index (χ0) is 17.8. The molecule has 0 atom stereocenters. The van der Waals surface area contributed by atoms with E-state index in [9.17, 15) is 9.18 Å². The van der Waals surface area contributed by atoms with Crippen molar-refractivity contribution in [3.8, 4) is 5.75 Å². The molecule has 132 valence electrons. The second kappa shape index (κ2) is 8.06. The Morgan fingerprint density at radius 1 is 1.16 bits per heavy atom. The Bertz CT molecular complexity index is 766. The molecule has 2 aromatic carbocycles.